The summed E-state index contributed by atoms with van der Waals surface area (Å²) in [6.07, 6.45) is 1.97. The Hall–Kier alpha value is -0.870. The fourth-order valence-electron chi connectivity index (χ4n) is 3.51. The third-order valence-electron chi connectivity index (χ3n) is 4.19. The fraction of sp³-hybridized carbons (Fsp3) is 0.625. The molecule has 2 aliphatic rings. The first-order valence-electron chi connectivity index (χ1n) is 7.13. The molecule has 1 unspecified atom stereocenters. The first kappa shape index (κ1) is 14.1. The molecule has 4 heteroatoms. The van der Waals surface area contributed by atoms with Crippen molar-refractivity contribution in [3.05, 3.63) is 23.8 Å². The zero-order valence-electron chi connectivity index (χ0n) is 12.4. The Morgan fingerprint density at radius 3 is 2.85 bits per heavy atom. The van der Waals surface area contributed by atoms with Gasteiger partial charge in [0.2, 0.25) is 0 Å². The highest BCUT2D eigenvalue weighted by Gasteiger charge is 2.46. The van der Waals surface area contributed by atoms with Crippen molar-refractivity contribution in [1.29, 1.82) is 0 Å². The van der Waals surface area contributed by atoms with Gasteiger partial charge in [-0.3, -0.25) is 0 Å². The maximum Gasteiger partial charge on any atom is 0.125 e. The quantitative estimate of drug-likeness (QED) is 0.862. The zero-order valence-corrected chi connectivity index (χ0v) is 13.3. The highest BCUT2D eigenvalue weighted by molar-refractivity contribution is 7.99. The smallest absolute Gasteiger partial charge is 0.125 e. The van der Waals surface area contributed by atoms with E-state index in [-0.39, 0.29) is 11.6 Å². The molecule has 20 heavy (non-hydrogen) atoms. The minimum Gasteiger partial charge on any atom is -0.497 e. The number of fused-ring (bicyclic) bond motifs is 1. The van der Waals surface area contributed by atoms with Gasteiger partial charge >= 0.3 is 0 Å². The number of nitrogens with two attached hydrogens (primary N) is 1. The van der Waals surface area contributed by atoms with Crippen molar-refractivity contribution in [1.82, 2.24) is 0 Å². The van der Waals surface area contributed by atoms with Crippen LogP contribution >= 0.6 is 11.8 Å². The Kier molecular flexibility index (Phi) is 3.41. The van der Waals surface area contributed by atoms with Gasteiger partial charge in [-0.25, -0.2) is 0 Å². The van der Waals surface area contributed by atoms with Gasteiger partial charge in [0.05, 0.1) is 7.11 Å². The van der Waals surface area contributed by atoms with Crippen LogP contribution in [0.1, 0.15) is 38.3 Å². The van der Waals surface area contributed by atoms with Gasteiger partial charge < -0.3 is 15.2 Å². The third-order valence-corrected chi connectivity index (χ3v) is 5.91. The van der Waals surface area contributed by atoms with Crippen molar-refractivity contribution in [2.24, 2.45) is 11.1 Å². The van der Waals surface area contributed by atoms with Crippen molar-refractivity contribution < 1.29 is 9.47 Å². The molecule has 0 amide bonds. The number of ether oxygens (including phenoxy) is 2. The van der Waals surface area contributed by atoms with Crippen LogP contribution in [0.3, 0.4) is 0 Å². The van der Waals surface area contributed by atoms with Crippen LogP contribution in [0.4, 0.5) is 0 Å². The summed E-state index contributed by atoms with van der Waals surface area (Å²) in [4.78, 5) is 0. The number of hydrogen-bond donors (Lipinski definition) is 1. The summed E-state index contributed by atoms with van der Waals surface area (Å²) in [6.45, 7) is 4.64. The lowest BCUT2D eigenvalue weighted by Gasteiger charge is -2.48. The highest BCUT2D eigenvalue weighted by atomic mass is 32.2. The van der Waals surface area contributed by atoms with Gasteiger partial charge in [0.25, 0.3) is 0 Å². The summed E-state index contributed by atoms with van der Waals surface area (Å²) in [6, 6.07) is 5.99. The van der Waals surface area contributed by atoms with Gasteiger partial charge in [0, 0.05) is 23.8 Å². The molecule has 0 radical (unpaired) electrons. The van der Waals surface area contributed by atoms with Crippen LogP contribution in [0.2, 0.25) is 0 Å². The molecule has 1 fully saturated rings. The first-order chi connectivity index (χ1) is 9.43. The number of thioether (sulfide) groups is 1. The van der Waals surface area contributed by atoms with Crippen molar-refractivity contribution >= 4 is 11.8 Å². The molecule has 2 atom stereocenters. The lowest BCUT2D eigenvalue weighted by Crippen LogP contribution is -2.51. The molecule has 3 nitrogen and oxygen atoms in total. The summed E-state index contributed by atoms with van der Waals surface area (Å²) in [7, 11) is 1.68. The molecule has 2 aliphatic heterocycles. The van der Waals surface area contributed by atoms with Crippen LogP contribution in [-0.2, 0) is 0 Å². The van der Waals surface area contributed by atoms with Crippen molar-refractivity contribution in [3.63, 3.8) is 0 Å². The Balaban J connectivity index is 1.92. The summed E-state index contributed by atoms with van der Waals surface area (Å²) in [5, 5.41) is 0. The average Bonchev–Trinajstić information content (AvgIpc) is 2.37. The first-order valence-corrected chi connectivity index (χ1v) is 8.29. The van der Waals surface area contributed by atoms with Crippen LogP contribution in [0.25, 0.3) is 0 Å². The van der Waals surface area contributed by atoms with Crippen LogP contribution in [0.15, 0.2) is 18.2 Å². The Morgan fingerprint density at radius 1 is 1.35 bits per heavy atom. The van der Waals surface area contributed by atoms with E-state index in [9.17, 15) is 0 Å². The lowest BCUT2D eigenvalue weighted by molar-refractivity contribution is 0.0165. The van der Waals surface area contributed by atoms with Crippen molar-refractivity contribution in [2.45, 2.75) is 38.3 Å². The average molecular weight is 293 g/mol. The molecular formula is C16H23NO2S. The minimum absolute atomic E-state index is 0.0309. The number of rotatable bonds is 1. The van der Waals surface area contributed by atoms with E-state index in [1.807, 2.05) is 30.0 Å². The van der Waals surface area contributed by atoms with E-state index in [1.165, 1.54) is 5.75 Å². The Morgan fingerprint density at radius 2 is 2.15 bits per heavy atom. The molecule has 1 aromatic carbocycles. The minimum atomic E-state index is -0.104. The van der Waals surface area contributed by atoms with Crippen molar-refractivity contribution in [3.8, 4) is 11.5 Å². The third kappa shape index (κ3) is 2.51. The van der Waals surface area contributed by atoms with Gasteiger partial charge in [-0.2, -0.15) is 11.8 Å². The van der Waals surface area contributed by atoms with E-state index in [2.05, 4.69) is 13.8 Å². The number of methoxy groups -OCH3 is 1. The Labute approximate surface area is 125 Å². The van der Waals surface area contributed by atoms with E-state index in [4.69, 9.17) is 15.2 Å². The second kappa shape index (κ2) is 4.85. The standard InChI is InChI=1S/C16H23NO2S/c1-15(2)8-16(10-20-9-15)7-13(17)12-6-11(18-3)4-5-14(12)19-16/h4-6,13H,7-10,17H2,1-3H3/t13-,16?/m0/s1. The van der Waals surface area contributed by atoms with E-state index in [0.29, 0.717) is 5.41 Å². The highest BCUT2D eigenvalue weighted by Crippen LogP contribution is 2.49. The van der Waals surface area contributed by atoms with Crippen LogP contribution in [-0.4, -0.2) is 24.2 Å². The van der Waals surface area contributed by atoms with Gasteiger partial charge in [-0.1, -0.05) is 13.8 Å². The number of benzene rings is 1. The van der Waals surface area contributed by atoms with Crippen molar-refractivity contribution in [2.75, 3.05) is 18.6 Å². The molecule has 0 saturated carbocycles. The van der Waals surface area contributed by atoms with E-state index < -0.39 is 0 Å². The summed E-state index contributed by atoms with van der Waals surface area (Å²) < 4.78 is 11.7. The molecule has 1 aromatic rings. The van der Waals surface area contributed by atoms with Gasteiger partial charge in [0.1, 0.15) is 17.1 Å². The van der Waals surface area contributed by atoms with E-state index in [1.54, 1.807) is 7.11 Å². The molecular weight excluding hydrogens is 270 g/mol. The van der Waals surface area contributed by atoms with Crippen LogP contribution in [0.5, 0.6) is 11.5 Å². The predicted octanol–water partition coefficient (Wildman–Crippen LogP) is 3.38. The molecule has 3 rings (SSSR count). The molecule has 0 bridgehead atoms. The second-order valence-corrected chi connectivity index (χ2v) is 7.82. The molecule has 0 aliphatic carbocycles. The van der Waals surface area contributed by atoms with Gasteiger partial charge in [-0.05, 0) is 35.8 Å². The van der Waals surface area contributed by atoms with Gasteiger partial charge in [-0.15, -0.1) is 0 Å². The summed E-state index contributed by atoms with van der Waals surface area (Å²) >= 11 is 1.99. The monoisotopic (exact) mass is 293 g/mol. The fourth-order valence-corrected chi connectivity index (χ4v) is 4.91. The van der Waals surface area contributed by atoms with Gasteiger partial charge in [0.15, 0.2) is 0 Å². The van der Waals surface area contributed by atoms with E-state index >= 15 is 0 Å². The number of hydrogen-bond acceptors (Lipinski definition) is 4. The Bertz CT molecular complexity index is 517. The molecule has 1 saturated heterocycles. The largest absolute Gasteiger partial charge is 0.497 e. The summed E-state index contributed by atoms with van der Waals surface area (Å²) in [5.41, 5.74) is 7.70. The molecule has 110 valence electrons. The zero-order chi connectivity index (χ0) is 14.4. The van der Waals surface area contributed by atoms with Crippen LogP contribution < -0.4 is 15.2 Å². The maximum absolute atomic E-state index is 6.42. The van der Waals surface area contributed by atoms with Crippen LogP contribution in [0, 0.1) is 5.41 Å². The summed E-state index contributed by atoms with van der Waals surface area (Å²) in [5.74, 6) is 4.01. The maximum atomic E-state index is 6.42. The second-order valence-electron chi connectivity index (χ2n) is 6.83. The van der Waals surface area contributed by atoms with E-state index in [0.717, 1.165) is 35.7 Å². The normalized spacial score (nSPS) is 31.5. The molecule has 2 heterocycles. The SMILES string of the molecule is COc1ccc2c(c1)[C@@H](N)CC1(CSCC(C)(C)C1)O2. The molecule has 2 N–H and O–H groups in total. The topological polar surface area (TPSA) is 44.5 Å². The predicted molar refractivity (Wildman–Crippen MR) is 83.6 cm³/mol. The lowest BCUT2D eigenvalue weighted by atomic mass is 9.76. The molecule has 1 spiro atoms. The molecule has 0 aromatic heterocycles.